The van der Waals surface area contributed by atoms with Crippen LogP contribution in [0.1, 0.15) is 5.82 Å². The van der Waals surface area contributed by atoms with Crippen LogP contribution >= 0.6 is 0 Å². The zero-order chi connectivity index (χ0) is 14.9. The van der Waals surface area contributed by atoms with Gasteiger partial charge in [0.2, 0.25) is 10.0 Å². The van der Waals surface area contributed by atoms with E-state index >= 15 is 0 Å². The van der Waals surface area contributed by atoms with Gasteiger partial charge in [0.05, 0.1) is 17.1 Å². The minimum Gasteiger partial charge on any atom is -0.482 e. The lowest BCUT2D eigenvalue weighted by atomic mass is 10.2. The molecule has 2 aromatic rings. The molecule has 110 valence electrons. The second-order valence-electron chi connectivity index (χ2n) is 4.25. The van der Waals surface area contributed by atoms with Crippen molar-refractivity contribution in [1.29, 1.82) is 0 Å². The maximum Gasteiger partial charge on any atom is 0.262 e. The van der Waals surface area contributed by atoms with Crippen molar-refractivity contribution in [2.24, 2.45) is 0 Å². The van der Waals surface area contributed by atoms with Gasteiger partial charge in [0.25, 0.3) is 5.91 Å². The molecular formula is C11H11N5O4S. The van der Waals surface area contributed by atoms with E-state index in [1.54, 1.807) is 0 Å². The van der Waals surface area contributed by atoms with Gasteiger partial charge in [-0.25, -0.2) is 18.1 Å². The number of fused-ring (bicyclic) bond motifs is 1. The molecule has 0 saturated carbocycles. The molecular weight excluding hydrogens is 298 g/mol. The van der Waals surface area contributed by atoms with Crippen LogP contribution in [-0.2, 0) is 21.4 Å². The maximum atomic E-state index is 12.2. The average Bonchev–Trinajstić information content (AvgIpc) is 2.98. The first-order chi connectivity index (χ1) is 10.0. The summed E-state index contributed by atoms with van der Waals surface area (Å²) in [6, 6.07) is 4.24. The number of rotatable bonds is 4. The third-order valence-corrected chi connectivity index (χ3v) is 4.19. The molecule has 3 N–H and O–H groups in total. The van der Waals surface area contributed by atoms with Crippen molar-refractivity contribution in [3.63, 3.8) is 0 Å². The first kappa shape index (κ1) is 13.5. The first-order valence-electron chi connectivity index (χ1n) is 5.95. The highest BCUT2D eigenvalue weighted by Gasteiger charge is 2.20. The number of sulfonamides is 1. The van der Waals surface area contributed by atoms with Gasteiger partial charge in [0, 0.05) is 0 Å². The number of carbonyl (C=O) groups excluding carboxylic acids is 1. The third kappa shape index (κ3) is 2.85. The summed E-state index contributed by atoms with van der Waals surface area (Å²) >= 11 is 0. The summed E-state index contributed by atoms with van der Waals surface area (Å²) in [4.78, 5) is 15.1. The molecule has 3 rings (SSSR count). The van der Waals surface area contributed by atoms with E-state index in [0.29, 0.717) is 17.3 Å². The van der Waals surface area contributed by atoms with Gasteiger partial charge < -0.3 is 10.1 Å². The van der Waals surface area contributed by atoms with Crippen molar-refractivity contribution < 1.29 is 17.9 Å². The number of amides is 1. The van der Waals surface area contributed by atoms with Gasteiger partial charge >= 0.3 is 0 Å². The van der Waals surface area contributed by atoms with Gasteiger partial charge in [0.1, 0.15) is 17.9 Å². The zero-order valence-corrected chi connectivity index (χ0v) is 11.5. The van der Waals surface area contributed by atoms with E-state index in [-0.39, 0.29) is 24.0 Å². The Morgan fingerprint density at radius 2 is 2.24 bits per heavy atom. The van der Waals surface area contributed by atoms with Crippen LogP contribution < -0.4 is 14.8 Å². The lowest BCUT2D eigenvalue weighted by Crippen LogP contribution is -2.27. The number of hydrogen-bond donors (Lipinski definition) is 3. The van der Waals surface area contributed by atoms with Crippen molar-refractivity contribution in [3.05, 3.63) is 30.4 Å². The number of nitrogens with one attached hydrogen (secondary N) is 3. The van der Waals surface area contributed by atoms with Crippen LogP contribution in [0.3, 0.4) is 0 Å². The fourth-order valence-corrected chi connectivity index (χ4v) is 2.81. The summed E-state index contributed by atoms with van der Waals surface area (Å²) in [6.07, 6.45) is 1.29. The number of hydrogen-bond acceptors (Lipinski definition) is 6. The lowest BCUT2D eigenvalue weighted by Gasteiger charge is -2.18. The first-order valence-corrected chi connectivity index (χ1v) is 7.43. The Balaban J connectivity index is 1.82. The van der Waals surface area contributed by atoms with Crippen molar-refractivity contribution in [3.8, 4) is 5.75 Å². The Hall–Kier alpha value is -2.46. The quantitative estimate of drug-likeness (QED) is 0.706. The molecule has 0 radical (unpaired) electrons. The molecule has 9 nitrogen and oxygen atoms in total. The van der Waals surface area contributed by atoms with Crippen molar-refractivity contribution >= 4 is 21.6 Å². The van der Waals surface area contributed by atoms with Crippen LogP contribution in [0.4, 0.5) is 5.69 Å². The van der Waals surface area contributed by atoms with Crippen molar-refractivity contribution in [2.45, 2.75) is 11.4 Å². The minimum atomic E-state index is -3.73. The van der Waals surface area contributed by atoms with Crippen LogP contribution in [-0.4, -0.2) is 36.1 Å². The standard InChI is InChI=1S/C11H11N5O4S/c17-11-5-20-9-2-1-7(3-8(9)15-11)21(18,19)14-4-10-12-6-13-16-10/h1-3,6,14H,4-5H2,(H,15,17)(H,12,13,16). The fraction of sp³-hybridized carbons (Fsp3) is 0.182. The lowest BCUT2D eigenvalue weighted by molar-refractivity contribution is -0.118. The molecule has 1 aromatic carbocycles. The van der Waals surface area contributed by atoms with Gasteiger partial charge in [-0.15, -0.1) is 0 Å². The second-order valence-corrected chi connectivity index (χ2v) is 6.02. The summed E-state index contributed by atoms with van der Waals surface area (Å²) in [7, 11) is -3.73. The van der Waals surface area contributed by atoms with Crippen LogP contribution in [0.15, 0.2) is 29.4 Å². The molecule has 0 spiro atoms. The zero-order valence-electron chi connectivity index (χ0n) is 10.7. The van der Waals surface area contributed by atoms with Crippen LogP contribution in [0.25, 0.3) is 0 Å². The highest BCUT2D eigenvalue weighted by atomic mass is 32.2. The van der Waals surface area contributed by atoms with Gasteiger partial charge in [-0.2, -0.15) is 5.10 Å². The molecule has 1 amide bonds. The summed E-state index contributed by atoms with van der Waals surface area (Å²) in [5.41, 5.74) is 0.328. The fourth-order valence-electron chi connectivity index (χ4n) is 1.79. The van der Waals surface area contributed by atoms with E-state index < -0.39 is 10.0 Å². The highest BCUT2D eigenvalue weighted by Crippen LogP contribution is 2.29. The van der Waals surface area contributed by atoms with E-state index in [1.165, 1.54) is 24.5 Å². The Kier molecular flexibility index (Phi) is 3.31. The molecule has 1 aliphatic heterocycles. The molecule has 10 heteroatoms. The number of anilines is 1. The van der Waals surface area contributed by atoms with E-state index in [4.69, 9.17) is 4.74 Å². The smallest absolute Gasteiger partial charge is 0.262 e. The number of ether oxygens (including phenoxy) is 1. The van der Waals surface area contributed by atoms with Crippen molar-refractivity contribution in [2.75, 3.05) is 11.9 Å². The molecule has 1 aliphatic rings. The average molecular weight is 309 g/mol. The summed E-state index contributed by atoms with van der Waals surface area (Å²) in [5.74, 6) is 0.503. The van der Waals surface area contributed by atoms with Crippen LogP contribution in [0, 0.1) is 0 Å². The summed E-state index contributed by atoms with van der Waals surface area (Å²) < 4.78 is 31.9. The maximum absolute atomic E-state index is 12.2. The van der Waals surface area contributed by atoms with E-state index in [0.717, 1.165) is 0 Å². The summed E-state index contributed by atoms with van der Waals surface area (Å²) in [6.45, 7) is -0.0921. The Bertz CT molecular complexity index is 772. The molecule has 21 heavy (non-hydrogen) atoms. The predicted octanol–water partition coefficient (Wildman–Crippen LogP) is -0.386. The van der Waals surface area contributed by atoms with Gasteiger partial charge in [-0.1, -0.05) is 0 Å². The van der Waals surface area contributed by atoms with E-state index in [2.05, 4.69) is 25.2 Å². The number of carbonyl (C=O) groups is 1. The minimum absolute atomic E-state index is 0.0116. The van der Waals surface area contributed by atoms with Crippen molar-refractivity contribution in [1.82, 2.24) is 19.9 Å². The SMILES string of the molecule is O=C1COc2ccc(S(=O)(=O)NCc3ncn[nH]3)cc2N1. The van der Waals surface area contributed by atoms with Gasteiger partial charge in [0.15, 0.2) is 6.61 Å². The molecule has 0 unspecified atom stereocenters. The molecule has 0 atom stereocenters. The summed E-state index contributed by atoms with van der Waals surface area (Å²) in [5, 5.41) is 8.74. The molecule has 0 bridgehead atoms. The Labute approximate surface area is 119 Å². The molecule has 1 aromatic heterocycles. The van der Waals surface area contributed by atoms with Crippen LogP contribution in [0.5, 0.6) is 5.75 Å². The number of nitrogens with zero attached hydrogens (tertiary/aromatic N) is 2. The largest absolute Gasteiger partial charge is 0.482 e. The third-order valence-electron chi connectivity index (χ3n) is 2.79. The predicted molar refractivity (Wildman–Crippen MR) is 71.0 cm³/mol. The normalized spacial score (nSPS) is 14.2. The number of aromatic amines is 1. The number of benzene rings is 1. The molecule has 0 saturated heterocycles. The van der Waals surface area contributed by atoms with Gasteiger partial charge in [-0.3, -0.25) is 9.89 Å². The molecule has 0 aliphatic carbocycles. The molecule has 0 fully saturated rings. The topological polar surface area (TPSA) is 126 Å². The van der Waals surface area contributed by atoms with Gasteiger partial charge in [-0.05, 0) is 18.2 Å². The monoisotopic (exact) mass is 309 g/mol. The Morgan fingerprint density at radius 3 is 3.00 bits per heavy atom. The Morgan fingerprint density at radius 1 is 1.38 bits per heavy atom. The number of aromatic nitrogens is 3. The van der Waals surface area contributed by atoms with E-state index in [1.807, 2.05) is 0 Å². The van der Waals surface area contributed by atoms with Crippen LogP contribution in [0.2, 0.25) is 0 Å². The van der Waals surface area contributed by atoms with E-state index in [9.17, 15) is 13.2 Å². The number of H-pyrrole nitrogens is 1. The second kappa shape index (κ2) is 5.14. The highest BCUT2D eigenvalue weighted by molar-refractivity contribution is 7.89. The molecule has 2 heterocycles.